The maximum absolute atomic E-state index is 13.3. The van der Waals surface area contributed by atoms with Crippen LogP contribution in [0.3, 0.4) is 0 Å². The first kappa shape index (κ1) is 29.1. The fraction of sp³-hybridized carbons (Fsp3) is 0.308. The monoisotopic (exact) mass is 563 g/mol. The summed E-state index contributed by atoms with van der Waals surface area (Å²) in [6.07, 6.45) is 4.08. The number of fused-ring (bicyclic) bond motifs is 1. The third kappa shape index (κ3) is 5.99. The van der Waals surface area contributed by atoms with Crippen molar-refractivity contribution in [2.24, 2.45) is 0 Å². The standard InChI is InChI=1S/C24H22ClF2N5O3S.C2H6/c1-11-7-15(13(3)29-17-5-6-18(25)30-19(17)23(34)31-36-4)22-16(8-11)20(33)12(2)21(35-22)14-9-28-32(10-14)24(26)27;1-2/h5-10,13,24,29H,1-4H3,(H,31,34);1-2H3. The molecule has 0 radical (unpaired) electrons. The number of rotatable bonds is 7. The Morgan fingerprint density at radius 3 is 2.55 bits per heavy atom. The molecular formula is C26H28ClF2N5O3S. The molecule has 0 aliphatic heterocycles. The highest BCUT2D eigenvalue weighted by molar-refractivity contribution is 7.97. The summed E-state index contributed by atoms with van der Waals surface area (Å²) in [5, 5.41) is 7.43. The van der Waals surface area contributed by atoms with Gasteiger partial charge in [-0.3, -0.25) is 14.3 Å². The second kappa shape index (κ2) is 12.4. The molecule has 1 atom stereocenters. The number of amides is 1. The number of alkyl halides is 2. The molecule has 3 heterocycles. The van der Waals surface area contributed by atoms with Gasteiger partial charge in [-0.1, -0.05) is 43.5 Å². The van der Waals surface area contributed by atoms with Gasteiger partial charge in [-0.15, -0.1) is 0 Å². The Labute approximate surface area is 227 Å². The van der Waals surface area contributed by atoms with Crippen molar-refractivity contribution < 1.29 is 18.0 Å². The number of pyridine rings is 1. The van der Waals surface area contributed by atoms with Crippen molar-refractivity contribution >= 4 is 46.1 Å². The van der Waals surface area contributed by atoms with Gasteiger partial charge in [-0.25, -0.2) is 9.67 Å². The summed E-state index contributed by atoms with van der Waals surface area (Å²) < 4.78 is 35.4. The maximum Gasteiger partial charge on any atom is 0.333 e. The zero-order valence-corrected chi connectivity index (χ0v) is 23.3. The Kier molecular flexibility index (Phi) is 9.50. The topological polar surface area (TPSA) is 102 Å². The normalized spacial score (nSPS) is 11.7. The number of nitrogens with one attached hydrogen (secondary N) is 2. The molecule has 0 saturated carbocycles. The number of aromatic nitrogens is 3. The van der Waals surface area contributed by atoms with Crippen molar-refractivity contribution in [2.45, 2.75) is 47.2 Å². The predicted octanol–water partition coefficient (Wildman–Crippen LogP) is 6.92. The van der Waals surface area contributed by atoms with Crippen LogP contribution in [0.15, 0.2) is 45.9 Å². The van der Waals surface area contributed by atoms with Crippen molar-refractivity contribution in [2.75, 3.05) is 11.6 Å². The lowest BCUT2D eigenvalue weighted by Crippen LogP contribution is -2.20. The number of carbonyl (C=O) groups is 1. The van der Waals surface area contributed by atoms with Gasteiger partial charge in [0.15, 0.2) is 11.1 Å². The largest absolute Gasteiger partial charge is 0.455 e. The second-order valence-corrected chi connectivity index (χ2v) is 9.13. The van der Waals surface area contributed by atoms with E-state index in [-0.39, 0.29) is 33.2 Å². The Morgan fingerprint density at radius 1 is 1.21 bits per heavy atom. The summed E-state index contributed by atoms with van der Waals surface area (Å²) in [6.45, 7) is 6.46. The number of carbonyl (C=O) groups excluding carboxylic acids is 1. The van der Waals surface area contributed by atoms with Crippen molar-refractivity contribution in [3.8, 4) is 11.3 Å². The predicted molar refractivity (Wildman–Crippen MR) is 148 cm³/mol. The minimum absolute atomic E-state index is 0.109. The molecule has 0 aliphatic rings. The second-order valence-electron chi connectivity index (χ2n) is 8.13. The third-order valence-electron chi connectivity index (χ3n) is 5.57. The van der Waals surface area contributed by atoms with Gasteiger partial charge in [0.25, 0.3) is 5.91 Å². The highest BCUT2D eigenvalue weighted by Gasteiger charge is 2.22. The number of hydrogen-bond acceptors (Lipinski definition) is 7. The molecular weight excluding hydrogens is 536 g/mol. The molecule has 3 aromatic heterocycles. The minimum atomic E-state index is -2.82. The lowest BCUT2D eigenvalue weighted by Gasteiger charge is -2.20. The fourth-order valence-electron chi connectivity index (χ4n) is 3.90. The first-order valence-electron chi connectivity index (χ1n) is 11.8. The number of nitrogens with zero attached hydrogens (tertiary/aromatic N) is 3. The number of benzene rings is 1. The van der Waals surface area contributed by atoms with Gasteiger partial charge in [0.1, 0.15) is 16.5 Å². The smallest absolute Gasteiger partial charge is 0.333 e. The van der Waals surface area contributed by atoms with Crippen LogP contribution in [0.4, 0.5) is 14.5 Å². The van der Waals surface area contributed by atoms with E-state index in [9.17, 15) is 18.4 Å². The molecule has 4 rings (SSSR count). The van der Waals surface area contributed by atoms with Crippen LogP contribution in [-0.2, 0) is 0 Å². The molecule has 38 heavy (non-hydrogen) atoms. The molecule has 0 spiro atoms. The zero-order chi connectivity index (χ0) is 28.1. The van der Waals surface area contributed by atoms with Crippen LogP contribution in [0.5, 0.6) is 0 Å². The molecule has 0 aliphatic carbocycles. The Bertz CT molecular complexity index is 1520. The van der Waals surface area contributed by atoms with Crippen molar-refractivity contribution in [1.82, 2.24) is 19.5 Å². The van der Waals surface area contributed by atoms with Crippen LogP contribution in [0.2, 0.25) is 5.15 Å². The molecule has 0 saturated heterocycles. The fourth-order valence-corrected chi connectivity index (χ4v) is 4.33. The van der Waals surface area contributed by atoms with Gasteiger partial charge < -0.3 is 9.73 Å². The van der Waals surface area contributed by atoms with Gasteiger partial charge in [-0.05, 0) is 44.5 Å². The van der Waals surface area contributed by atoms with Crippen LogP contribution in [0, 0.1) is 13.8 Å². The number of aryl methyl sites for hydroxylation is 1. The van der Waals surface area contributed by atoms with E-state index in [2.05, 4.69) is 20.1 Å². The average Bonchev–Trinajstić information content (AvgIpc) is 3.39. The van der Waals surface area contributed by atoms with E-state index in [1.807, 2.05) is 33.8 Å². The van der Waals surface area contributed by atoms with Crippen LogP contribution in [0.25, 0.3) is 22.3 Å². The number of hydrogen-bond donors (Lipinski definition) is 2. The van der Waals surface area contributed by atoms with Gasteiger partial charge in [-0.2, -0.15) is 13.9 Å². The Morgan fingerprint density at radius 2 is 1.92 bits per heavy atom. The zero-order valence-electron chi connectivity index (χ0n) is 21.7. The number of halogens is 3. The van der Waals surface area contributed by atoms with E-state index >= 15 is 0 Å². The van der Waals surface area contributed by atoms with E-state index in [0.717, 1.165) is 23.7 Å². The highest BCUT2D eigenvalue weighted by Crippen LogP contribution is 2.33. The van der Waals surface area contributed by atoms with Gasteiger partial charge in [0, 0.05) is 23.6 Å². The van der Waals surface area contributed by atoms with Crippen molar-refractivity contribution in [3.05, 3.63) is 74.4 Å². The minimum Gasteiger partial charge on any atom is -0.455 e. The van der Waals surface area contributed by atoms with Crippen LogP contribution in [0.1, 0.15) is 60.5 Å². The summed E-state index contributed by atoms with van der Waals surface area (Å²) in [5.41, 5.74) is 2.57. The highest BCUT2D eigenvalue weighted by atomic mass is 35.5. The molecule has 4 aromatic rings. The summed E-state index contributed by atoms with van der Waals surface area (Å²) in [6, 6.07) is 6.33. The molecule has 1 aromatic carbocycles. The Balaban J connectivity index is 0.00000195. The summed E-state index contributed by atoms with van der Waals surface area (Å²) in [7, 11) is 0. The molecule has 0 bridgehead atoms. The summed E-state index contributed by atoms with van der Waals surface area (Å²) >= 11 is 7.14. The molecule has 0 fully saturated rings. The van der Waals surface area contributed by atoms with Crippen LogP contribution < -0.4 is 15.5 Å². The Hall–Kier alpha value is -3.44. The summed E-state index contributed by atoms with van der Waals surface area (Å²) in [5.74, 6) is -0.265. The lowest BCUT2D eigenvalue weighted by molar-refractivity contribution is 0.0566. The first-order valence-corrected chi connectivity index (χ1v) is 13.4. The van der Waals surface area contributed by atoms with Gasteiger partial charge in [0.2, 0.25) is 0 Å². The average molecular weight is 564 g/mol. The molecule has 1 unspecified atom stereocenters. The maximum atomic E-state index is 13.3. The summed E-state index contributed by atoms with van der Waals surface area (Å²) in [4.78, 5) is 29.9. The van der Waals surface area contributed by atoms with E-state index in [0.29, 0.717) is 26.9 Å². The molecule has 202 valence electrons. The molecule has 2 N–H and O–H groups in total. The number of anilines is 1. The van der Waals surface area contributed by atoms with E-state index < -0.39 is 18.5 Å². The SMILES string of the molecule is CC.CSNC(=O)c1nc(Cl)ccc1NC(C)c1cc(C)cc2c(=O)c(C)c(-c3cnn(C(F)F)c3)oc12. The van der Waals surface area contributed by atoms with Gasteiger partial charge >= 0.3 is 6.55 Å². The molecule has 1 amide bonds. The van der Waals surface area contributed by atoms with Crippen molar-refractivity contribution in [3.63, 3.8) is 0 Å². The van der Waals surface area contributed by atoms with Crippen molar-refractivity contribution in [1.29, 1.82) is 0 Å². The van der Waals surface area contributed by atoms with Gasteiger partial charge in [0.05, 0.1) is 28.9 Å². The third-order valence-corrected chi connectivity index (χ3v) is 6.17. The molecule has 12 heteroatoms. The van der Waals surface area contributed by atoms with E-state index in [1.54, 1.807) is 31.4 Å². The van der Waals surface area contributed by atoms with E-state index in [4.69, 9.17) is 16.0 Å². The van der Waals surface area contributed by atoms with E-state index in [1.165, 1.54) is 6.20 Å². The first-order chi connectivity index (χ1) is 18.1. The van der Waals surface area contributed by atoms with Crippen LogP contribution >= 0.6 is 23.5 Å². The van der Waals surface area contributed by atoms with Crippen LogP contribution in [-0.4, -0.2) is 26.9 Å². The quantitative estimate of drug-likeness (QED) is 0.186. The lowest BCUT2D eigenvalue weighted by atomic mass is 9.99. The molecule has 8 nitrogen and oxygen atoms in total.